The highest BCUT2D eigenvalue weighted by Gasteiger charge is 2.42. The number of piperazine rings is 4. The number of fused-ring (bicyclic) bond motifs is 4. The highest BCUT2D eigenvalue weighted by Crippen LogP contribution is 2.29. The van der Waals surface area contributed by atoms with Crippen molar-refractivity contribution >= 4 is 64.6 Å². The van der Waals surface area contributed by atoms with Gasteiger partial charge >= 0.3 is 6.03 Å². The Kier molecular flexibility index (Phi) is 15.3. The Hall–Kier alpha value is -5.35. The predicted molar refractivity (Wildman–Crippen MR) is 255 cm³/mol. The van der Waals surface area contributed by atoms with Crippen LogP contribution >= 0.6 is 23.2 Å². The highest BCUT2D eigenvalue weighted by atomic mass is 35.5. The maximum Gasteiger partial charge on any atom is 0.316 e. The third-order valence-electron chi connectivity index (χ3n) is 12.5. The summed E-state index contributed by atoms with van der Waals surface area (Å²) in [4.78, 5) is 51.1. The summed E-state index contributed by atoms with van der Waals surface area (Å²) < 4.78 is 26.5. The van der Waals surface area contributed by atoms with Gasteiger partial charge < -0.3 is 36.4 Å². The molecule has 0 aliphatic carbocycles. The van der Waals surface area contributed by atoms with Crippen molar-refractivity contribution < 1.29 is 23.2 Å². The molecule has 0 aromatic heterocycles. The molecule has 4 unspecified atom stereocenters. The normalized spacial score (nSPS) is 21.7. The zero-order chi connectivity index (χ0) is 46.5. The molecule has 4 bridgehead atoms. The molecular weight excluding hydrogens is 872 g/mol. The quantitative estimate of drug-likeness (QED) is 0.124. The van der Waals surface area contributed by atoms with Gasteiger partial charge in [-0.05, 0) is 122 Å². The van der Waals surface area contributed by atoms with Crippen molar-refractivity contribution in [2.75, 3.05) is 77.5 Å². The van der Waals surface area contributed by atoms with Gasteiger partial charge in [-0.2, -0.15) is 0 Å². The highest BCUT2D eigenvalue weighted by molar-refractivity contribution is 6.32. The van der Waals surface area contributed by atoms with Crippen molar-refractivity contribution in [2.24, 2.45) is 5.73 Å². The number of nitrogens with two attached hydrogens (primary N) is 2. The van der Waals surface area contributed by atoms with Crippen LogP contribution in [-0.2, 0) is 22.7 Å². The second kappa shape index (κ2) is 20.9. The number of urea groups is 1. The first-order valence-electron chi connectivity index (χ1n) is 21.7. The van der Waals surface area contributed by atoms with E-state index in [1.165, 1.54) is 24.3 Å². The molecule has 4 aliphatic heterocycles. The van der Waals surface area contributed by atoms with E-state index in [9.17, 15) is 23.2 Å². The summed E-state index contributed by atoms with van der Waals surface area (Å²) in [7, 11) is 4.18. The number of nitrogens with zero attached hydrogens (tertiary/aromatic N) is 6. The summed E-state index contributed by atoms with van der Waals surface area (Å²) in [6.45, 7) is 11.6. The van der Waals surface area contributed by atoms with Gasteiger partial charge in [0.25, 0.3) is 0 Å². The summed E-state index contributed by atoms with van der Waals surface area (Å²) in [6, 6.07) is 19.9. The molecule has 16 heteroatoms. The van der Waals surface area contributed by atoms with Crippen LogP contribution in [0.1, 0.15) is 33.4 Å². The molecule has 344 valence electrons. The van der Waals surface area contributed by atoms with Crippen LogP contribution in [0.5, 0.6) is 0 Å². The van der Waals surface area contributed by atoms with E-state index in [0.29, 0.717) is 27.0 Å². The van der Waals surface area contributed by atoms with E-state index in [1.807, 2.05) is 60.0 Å². The van der Waals surface area contributed by atoms with Crippen LogP contribution in [0.4, 0.5) is 25.0 Å². The van der Waals surface area contributed by atoms with Gasteiger partial charge in [-0.15, -0.1) is 0 Å². The van der Waals surface area contributed by atoms with Gasteiger partial charge in [0, 0.05) is 93.3 Å². The van der Waals surface area contributed by atoms with E-state index >= 15 is 0 Å². The molecule has 0 saturated carbocycles. The van der Waals surface area contributed by atoms with Crippen LogP contribution in [-0.4, -0.2) is 138 Å². The van der Waals surface area contributed by atoms with Gasteiger partial charge in [-0.3, -0.25) is 19.4 Å². The van der Waals surface area contributed by atoms with E-state index < -0.39 is 6.03 Å². The van der Waals surface area contributed by atoms with Crippen LogP contribution in [0, 0.1) is 25.5 Å². The molecule has 0 radical (unpaired) electrons. The van der Waals surface area contributed by atoms with Crippen LogP contribution in [0.15, 0.2) is 84.9 Å². The molecular formula is C49H57Cl2F2N9O3. The minimum absolute atomic E-state index is 0.0107. The predicted octanol–water partition coefficient (Wildman–Crippen LogP) is 6.73. The van der Waals surface area contributed by atoms with Crippen molar-refractivity contribution in [3.63, 3.8) is 0 Å². The number of likely N-dealkylation sites (N-methyl/N-ethyl adjacent to an activating group) is 2. The second-order valence-electron chi connectivity index (χ2n) is 17.8. The summed E-state index contributed by atoms with van der Waals surface area (Å²) >= 11 is 12.3. The summed E-state index contributed by atoms with van der Waals surface area (Å²) in [5.41, 5.74) is 17.7. The number of amides is 4. The lowest BCUT2D eigenvalue weighted by molar-refractivity contribution is -0.141. The monoisotopic (exact) mass is 927 g/mol. The number of nitrogen functional groups attached to an aromatic ring is 1. The third kappa shape index (κ3) is 12.1. The molecule has 4 heterocycles. The van der Waals surface area contributed by atoms with Crippen molar-refractivity contribution in [1.82, 2.24) is 29.4 Å². The smallest absolute Gasteiger partial charge is 0.316 e. The first kappa shape index (κ1) is 47.6. The maximum atomic E-state index is 13.3. The number of halogens is 4. The average Bonchev–Trinajstić information content (AvgIpc) is 3.23. The van der Waals surface area contributed by atoms with Crippen LogP contribution in [0.25, 0.3) is 12.2 Å². The second-order valence-corrected chi connectivity index (χ2v) is 18.6. The van der Waals surface area contributed by atoms with Crippen molar-refractivity contribution in [2.45, 2.75) is 51.1 Å². The summed E-state index contributed by atoms with van der Waals surface area (Å²) in [6.07, 6.45) is 6.66. The third-order valence-corrected chi connectivity index (χ3v) is 13.3. The maximum absolute atomic E-state index is 13.3. The molecule has 0 spiro atoms. The summed E-state index contributed by atoms with van der Waals surface area (Å²) in [5.74, 6) is -0.519. The van der Waals surface area contributed by atoms with Crippen molar-refractivity contribution in [3.05, 3.63) is 140 Å². The largest absolute Gasteiger partial charge is 0.398 e. The number of nitrogens with one attached hydrogen (secondary N) is 1. The SMILES string of the molecule is Cc1cc(/C=C/C(=O)N2C3CN(C)CC2CN(Cc2ccc(F)cc2)C3)c(N)cc1Cl.Cc1cc(/C=C/C(=O)N2C3CN(C)CC2CN(Cc2ccc(F)cc2)C3)c(NC(N)=O)cc1Cl. The lowest BCUT2D eigenvalue weighted by atomic mass is 9.99. The minimum Gasteiger partial charge on any atom is -0.398 e. The Balaban J connectivity index is 0.000000195. The molecule has 4 saturated heterocycles. The topological polar surface area (TPSA) is 135 Å². The number of benzene rings is 4. The molecule has 4 fully saturated rings. The number of carbonyl (C=O) groups is 3. The lowest BCUT2D eigenvalue weighted by Gasteiger charge is -2.52. The zero-order valence-electron chi connectivity index (χ0n) is 37.2. The Labute approximate surface area is 390 Å². The molecule has 5 N–H and O–H groups in total. The van der Waals surface area contributed by atoms with Crippen LogP contribution < -0.4 is 16.8 Å². The van der Waals surface area contributed by atoms with Gasteiger partial charge in [0.1, 0.15) is 11.6 Å². The van der Waals surface area contributed by atoms with E-state index in [-0.39, 0.29) is 47.6 Å². The number of aryl methyl sites for hydroxylation is 2. The molecule has 4 amide bonds. The molecule has 4 atom stereocenters. The van der Waals surface area contributed by atoms with Gasteiger partial charge in [0.05, 0.1) is 29.9 Å². The van der Waals surface area contributed by atoms with E-state index in [4.69, 9.17) is 34.7 Å². The number of primary amides is 1. The zero-order valence-corrected chi connectivity index (χ0v) is 38.7. The molecule has 4 aromatic rings. The standard InChI is InChI=1S/C25H29ClFN5O2.C24H28ClFN4O/c1-16-9-18(23(10-22(16)26)29-25(28)34)5-8-24(33)32-20-12-30(2)13-21(32)15-31(14-20)11-17-3-6-19(27)7-4-17;1-16-9-18(23(27)10-22(16)25)5-8-24(31)30-20-12-28(2)13-21(30)15-29(14-20)11-17-3-6-19(26)7-4-17/h3-10,20-21H,11-15H2,1-2H3,(H3,28,29,34);3-10,20-21H,11-15,27H2,1-2H3/b2*8-5+. The van der Waals surface area contributed by atoms with Gasteiger partial charge in [-0.1, -0.05) is 47.5 Å². The van der Waals surface area contributed by atoms with Crippen molar-refractivity contribution in [1.29, 1.82) is 0 Å². The fourth-order valence-electron chi connectivity index (χ4n) is 9.57. The van der Waals surface area contributed by atoms with Gasteiger partial charge in [0.2, 0.25) is 11.8 Å². The van der Waals surface area contributed by atoms with E-state index in [0.717, 1.165) is 93.3 Å². The Morgan fingerprint density at radius 1 is 0.631 bits per heavy atom. The van der Waals surface area contributed by atoms with Crippen LogP contribution in [0.3, 0.4) is 0 Å². The van der Waals surface area contributed by atoms with E-state index in [1.54, 1.807) is 36.4 Å². The first-order chi connectivity index (χ1) is 31.0. The minimum atomic E-state index is -0.698. The van der Waals surface area contributed by atoms with Gasteiger partial charge in [0.15, 0.2) is 0 Å². The summed E-state index contributed by atoms with van der Waals surface area (Å²) in [5, 5.41) is 3.69. The average molecular weight is 929 g/mol. The first-order valence-corrected chi connectivity index (χ1v) is 22.5. The number of carbonyl (C=O) groups excluding carboxylic acids is 3. The van der Waals surface area contributed by atoms with Crippen LogP contribution in [0.2, 0.25) is 10.0 Å². The molecule has 4 aromatic carbocycles. The Morgan fingerprint density at radius 3 is 1.43 bits per heavy atom. The molecule has 4 aliphatic rings. The fraction of sp³-hybridized carbons (Fsp3) is 0.367. The molecule has 12 nitrogen and oxygen atoms in total. The number of hydrogen-bond donors (Lipinski definition) is 3. The Morgan fingerprint density at radius 2 is 1.02 bits per heavy atom. The molecule has 8 rings (SSSR count). The number of rotatable bonds is 9. The van der Waals surface area contributed by atoms with Crippen molar-refractivity contribution in [3.8, 4) is 0 Å². The fourth-order valence-corrected chi connectivity index (χ4v) is 9.91. The molecule has 65 heavy (non-hydrogen) atoms. The van der Waals surface area contributed by atoms with E-state index in [2.05, 4.69) is 39.0 Å². The Bertz CT molecular complexity index is 2400. The lowest BCUT2D eigenvalue weighted by Crippen LogP contribution is -2.68. The number of anilines is 2. The van der Waals surface area contributed by atoms with Gasteiger partial charge in [-0.25, -0.2) is 13.6 Å². The number of hydrogen-bond acceptors (Lipinski definition) is 8.